The zero-order valence-corrected chi connectivity index (χ0v) is 11.5. The Hall–Kier alpha value is -0.0400. The van der Waals surface area contributed by atoms with E-state index in [1.165, 1.54) is 32.1 Å². The number of rotatable bonds is 2. The van der Waals surface area contributed by atoms with Crippen LogP contribution in [-0.4, -0.2) is 12.1 Å². The van der Waals surface area contributed by atoms with Gasteiger partial charge in [0.15, 0.2) is 0 Å². The van der Waals surface area contributed by atoms with E-state index in [1.807, 2.05) is 0 Å². The first-order valence-electron chi connectivity index (χ1n) is 7.35. The standard InChI is InChI=1S/C15H29N/c1-10-8-9-14(13(10)4)16-15-11(2)6-5-7-12(15)3/h10-16H,5-9H2,1-4H3. The topological polar surface area (TPSA) is 12.0 Å². The minimum Gasteiger partial charge on any atom is -0.310 e. The second-order valence-corrected chi connectivity index (χ2v) is 6.60. The molecule has 1 N–H and O–H groups in total. The molecule has 1 nitrogen and oxygen atoms in total. The Morgan fingerprint density at radius 1 is 0.750 bits per heavy atom. The lowest BCUT2D eigenvalue weighted by Crippen LogP contribution is -2.48. The van der Waals surface area contributed by atoms with E-state index in [2.05, 4.69) is 33.0 Å². The average molecular weight is 223 g/mol. The zero-order valence-electron chi connectivity index (χ0n) is 11.5. The van der Waals surface area contributed by atoms with Crippen molar-refractivity contribution >= 4 is 0 Å². The molecule has 0 aromatic carbocycles. The lowest BCUT2D eigenvalue weighted by Gasteiger charge is -2.38. The Morgan fingerprint density at radius 3 is 1.88 bits per heavy atom. The van der Waals surface area contributed by atoms with E-state index < -0.39 is 0 Å². The molecule has 16 heavy (non-hydrogen) atoms. The minimum atomic E-state index is 0.784. The van der Waals surface area contributed by atoms with Gasteiger partial charge in [-0.25, -0.2) is 0 Å². The third kappa shape index (κ3) is 2.45. The van der Waals surface area contributed by atoms with Crippen molar-refractivity contribution in [2.75, 3.05) is 0 Å². The van der Waals surface area contributed by atoms with Gasteiger partial charge < -0.3 is 5.32 Å². The van der Waals surface area contributed by atoms with Crippen LogP contribution in [0.3, 0.4) is 0 Å². The summed E-state index contributed by atoms with van der Waals surface area (Å²) in [5.74, 6) is 3.56. The molecule has 2 saturated carbocycles. The molecule has 0 aromatic rings. The maximum Gasteiger partial charge on any atom is 0.0121 e. The molecule has 0 heterocycles. The van der Waals surface area contributed by atoms with Crippen LogP contribution in [0.25, 0.3) is 0 Å². The van der Waals surface area contributed by atoms with Crippen LogP contribution in [0, 0.1) is 23.7 Å². The zero-order chi connectivity index (χ0) is 11.7. The molecular formula is C15H29N. The van der Waals surface area contributed by atoms with Gasteiger partial charge in [0.25, 0.3) is 0 Å². The molecule has 0 radical (unpaired) electrons. The molecule has 0 aromatic heterocycles. The quantitative estimate of drug-likeness (QED) is 0.750. The molecule has 0 saturated heterocycles. The number of hydrogen-bond acceptors (Lipinski definition) is 1. The van der Waals surface area contributed by atoms with Crippen molar-refractivity contribution in [3.63, 3.8) is 0 Å². The first-order valence-corrected chi connectivity index (χ1v) is 7.35. The molecule has 0 spiro atoms. The van der Waals surface area contributed by atoms with Crippen molar-refractivity contribution in [1.29, 1.82) is 0 Å². The molecule has 2 rings (SSSR count). The molecule has 2 aliphatic carbocycles. The van der Waals surface area contributed by atoms with E-state index in [0.29, 0.717) is 0 Å². The first-order chi connectivity index (χ1) is 7.59. The maximum absolute atomic E-state index is 4.00. The summed E-state index contributed by atoms with van der Waals surface area (Å²) in [6.07, 6.45) is 7.13. The van der Waals surface area contributed by atoms with E-state index in [1.54, 1.807) is 0 Å². The van der Waals surface area contributed by atoms with Gasteiger partial charge >= 0.3 is 0 Å². The highest BCUT2D eigenvalue weighted by Gasteiger charge is 2.35. The summed E-state index contributed by atoms with van der Waals surface area (Å²) >= 11 is 0. The maximum atomic E-state index is 4.00. The molecule has 94 valence electrons. The van der Waals surface area contributed by atoms with Crippen molar-refractivity contribution in [3.8, 4) is 0 Å². The minimum absolute atomic E-state index is 0.784. The van der Waals surface area contributed by atoms with Crippen LogP contribution in [0.5, 0.6) is 0 Å². The van der Waals surface area contributed by atoms with Gasteiger partial charge in [0, 0.05) is 12.1 Å². The largest absolute Gasteiger partial charge is 0.310 e. The summed E-state index contributed by atoms with van der Waals surface area (Å²) in [6, 6.07) is 1.58. The van der Waals surface area contributed by atoms with Crippen molar-refractivity contribution in [1.82, 2.24) is 5.32 Å². The Labute approximate surface area is 101 Å². The Kier molecular flexibility index (Phi) is 3.94. The highest BCUT2D eigenvalue weighted by Crippen LogP contribution is 2.35. The van der Waals surface area contributed by atoms with Gasteiger partial charge in [-0.05, 0) is 49.4 Å². The van der Waals surface area contributed by atoms with Gasteiger partial charge in [0.1, 0.15) is 0 Å². The van der Waals surface area contributed by atoms with Crippen molar-refractivity contribution in [3.05, 3.63) is 0 Å². The second-order valence-electron chi connectivity index (χ2n) is 6.60. The summed E-state index contributed by atoms with van der Waals surface area (Å²) in [5.41, 5.74) is 0. The Morgan fingerprint density at radius 2 is 1.38 bits per heavy atom. The normalized spacial score (nSPS) is 49.5. The van der Waals surface area contributed by atoms with Gasteiger partial charge in [0.05, 0.1) is 0 Å². The van der Waals surface area contributed by atoms with Gasteiger partial charge in [0.2, 0.25) is 0 Å². The first kappa shape index (κ1) is 12.4. The van der Waals surface area contributed by atoms with Crippen LogP contribution in [0.2, 0.25) is 0 Å². The Bertz CT molecular complexity index is 215. The lowest BCUT2D eigenvalue weighted by molar-refractivity contribution is 0.180. The van der Waals surface area contributed by atoms with Gasteiger partial charge in [-0.3, -0.25) is 0 Å². The molecular weight excluding hydrogens is 194 g/mol. The molecule has 1 heteroatoms. The fourth-order valence-corrected chi connectivity index (χ4v) is 3.86. The summed E-state index contributed by atoms with van der Waals surface area (Å²) in [6.45, 7) is 9.74. The van der Waals surface area contributed by atoms with E-state index in [0.717, 1.165) is 35.8 Å². The van der Waals surface area contributed by atoms with Crippen molar-refractivity contribution < 1.29 is 0 Å². The highest BCUT2D eigenvalue weighted by molar-refractivity contribution is 4.91. The van der Waals surface area contributed by atoms with Crippen molar-refractivity contribution in [2.24, 2.45) is 23.7 Å². The smallest absolute Gasteiger partial charge is 0.0121 e. The van der Waals surface area contributed by atoms with E-state index in [-0.39, 0.29) is 0 Å². The van der Waals surface area contributed by atoms with Crippen LogP contribution < -0.4 is 5.32 Å². The Balaban J connectivity index is 1.92. The van der Waals surface area contributed by atoms with Gasteiger partial charge in [-0.2, -0.15) is 0 Å². The molecule has 2 aliphatic rings. The predicted octanol–water partition coefficient (Wildman–Crippen LogP) is 3.84. The SMILES string of the molecule is CC1CCC(NC2C(C)CCCC2C)C1C. The summed E-state index contributed by atoms with van der Waals surface area (Å²) < 4.78 is 0. The van der Waals surface area contributed by atoms with E-state index >= 15 is 0 Å². The number of hydrogen-bond donors (Lipinski definition) is 1. The van der Waals surface area contributed by atoms with Gasteiger partial charge in [-0.15, -0.1) is 0 Å². The fraction of sp³-hybridized carbons (Fsp3) is 1.00. The second kappa shape index (κ2) is 5.08. The monoisotopic (exact) mass is 223 g/mol. The summed E-state index contributed by atoms with van der Waals surface area (Å²) in [7, 11) is 0. The van der Waals surface area contributed by atoms with E-state index in [4.69, 9.17) is 0 Å². The lowest BCUT2D eigenvalue weighted by atomic mass is 9.78. The van der Waals surface area contributed by atoms with Gasteiger partial charge in [-0.1, -0.05) is 34.1 Å². The number of nitrogens with one attached hydrogen (secondary N) is 1. The van der Waals surface area contributed by atoms with Crippen LogP contribution >= 0.6 is 0 Å². The molecule has 5 atom stereocenters. The average Bonchev–Trinajstić information content (AvgIpc) is 2.55. The molecule has 0 amide bonds. The predicted molar refractivity (Wildman–Crippen MR) is 70.5 cm³/mol. The molecule has 0 bridgehead atoms. The van der Waals surface area contributed by atoms with Crippen LogP contribution in [0.1, 0.15) is 59.8 Å². The third-order valence-electron chi connectivity index (χ3n) is 5.42. The van der Waals surface area contributed by atoms with Crippen molar-refractivity contribution in [2.45, 2.75) is 71.9 Å². The summed E-state index contributed by atoms with van der Waals surface area (Å²) in [4.78, 5) is 0. The van der Waals surface area contributed by atoms with E-state index in [9.17, 15) is 0 Å². The van der Waals surface area contributed by atoms with Crippen LogP contribution in [-0.2, 0) is 0 Å². The van der Waals surface area contributed by atoms with Crippen LogP contribution in [0.4, 0.5) is 0 Å². The molecule has 5 unspecified atom stereocenters. The van der Waals surface area contributed by atoms with Crippen LogP contribution in [0.15, 0.2) is 0 Å². The highest BCUT2D eigenvalue weighted by atomic mass is 15.0. The summed E-state index contributed by atoms with van der Waals surface area (Å²) in [5, 5.41) is 4.00. The third-order valence-corrected chi connectivity index (χ3v) is 5.42. The molecule has 2 fully saturated rings. The fourth-order valence-electron chi connectivity index (χ4n) is 3.86. The molecule has 0 aliphatic heterocycles.